The predicted molar refractivity (Wildman–Crippen MR) is 49.4 cm³/mol. The molecule has 1 amide bonds. The molecule has 74 valence electrons. The molecule has 0 aromatic rings. The first-order valence-electron chi connectivity index (χ1n) is 4.18. The topological polar surface area (TPSA) is 55.4 Å². The molecule has 0 aromatic heterocycles. The van der Waals surface area contributed by atoms with Crippen molar-refractivity contribution in [3.8, 4) is 0 Å². The molecule has 0 aliphatic heterocycles. The van der Waals surface area contributed by atoms with Crippen LogP contribution in [0.1, 0.15) is 20.3 Å². The van der Waals surface area contributed by atoms with E-state index in [0.717, 1.165) is 0 Å². The zero-order chi connectivity index (χ0) is 10.3. The van der Waals surface area contributed by atoms with Crippen LogP contribution < -0.4 is 5.32 Å². The third kappa shape index (κ3) is 5.00. The van der Waals surface area contributed by atoms with Crippen LogP contribution in [0.15, 0.2) is 12.7 Å². The summed E-state index contributed by atoms with van der Waals surface area (Å²) in [6.07, 6.45) is 1.20. The predicted octanol–water partition coefficient (Wildman–Crippen LogP) is 1.27. The molecule has 0 fully saturated rings. The van der Waals surface area contributed by atoms with E-state index >= 15 is 0 Å². The zero-order valence-corrected chi connectivity index (χ0v) is 8.00. The fourth-order valence-electron chi connectivity index (χ4n) is 0.749. The highest BCUT2D eigenvalue weighted by atomic mass is 16.5. The number of ketones is 1. The Morgan fingerprint density at radius 1 is 1.62 bits per heavy atom. The van der Waals surface area contributed by atoms with E-state index in [9.17, 15) is 9.59 Å². The van der Waals surface area contributed by atoms with Crippen LogP contribution in [0.2, 0.25) is 0 Å². The van der Waals surface area contributed by atoms with Crippen molar-refractivity contribution in [1.82, 2.24) is 5.32 Å². The number of hydrogen-bond acceptors (Lipinski definition) is 3. The summed E-state index contributed by atoms with van der Waals surface area (Å²) in [5.74, 6) is -0.0805. The van der Waals surface area contributed by atoms with Gasteiger partial charge in [-0.25, -0.2) is 4.79 Å². The van der Waals surface area contributed by atoms with Crippen LogP contribution in [0, 0.1) is 0 Å². The number of rotatable bonds is 5. The number of hydrogen-bond donors (Lipinski definition) is 1. The van der Waals surface area contributed by atoms with Crippen molar-refractivity contribution in [2.45, 2.75) is 26.3 Å². The van der Waals surface area contributed by atoms with Crippen LogP contribution >= 0.6 is 0 Å². The first-order chi connectivity index (χ1) is 6.11. The number of amides is 1. The Kier molecular flexibility index (Phi) is 5.59. The number of carbonyl (C=O) groups is 2. The molecule has 0 saturated carbocycles. The maximum atomic E-state index is 11.1. The summed E-state index contributed by atoms with van der Waals surface area (Å²) >= 11 is 0. The average Bonchev–Trinajstić information content (AvgIpc) is 2.05. The molecule has 0 heterocycles. The lowest BCUT2D eigenvalue weighted by atomic mass is 10.1. The Morgan fingerprint density at radius 3 is 2.69 bits per heavy atom. The lowest BCUT2D eigenvalue weighted by Crippen LogP contribution is -2.38. The first kappa shape index (κ1) is 11.7. The lowest BCUT2D eigenvalue weighted by Gasteiger charge is -2.10. The van der Waals surface area contributed by atoms with Gasteiger partial charge in [-0.2, -0.15) is 0 Å². The Bertz CT molecular complexity index is 201. The zero-order valence-electron chi connectivity index (χ0n) is 8.00. The molecule has 1 N–H and O–H groups in total. The maximum Gasteiger partial charge on any atom is 0.407 e. The first-order valence-corrected chi connectivity index (χ1v) is 4.18. The minimum atomic E-state index is -0.563. The van der Waals surface area contributed by atoms with Gasteiger partial charge >= 0.3 is 6.09 Å². The van der Waals surface area contributed by atoms with E-state index in [1.54, 1.807) is 13.8 Å². The molecule has 1 atom stereocenters. The highest BCUT2D eigenvalue weighted by molar-refractivity contribution is 5.87. The monoisotopic (exact) mass is 185 g/mol. The SMILES string of the molecule is C=CCC(=O)C(C)NC(=O)OCC. The maximum absolute atomic E-state index is 11.1. The molecule has 0 aliphatic rings. The number of nitrogens with one attached hydrogen (secondary N) is 1. The molecule has 4 nitrogen and oxygen atoms in total. The van der Waals surface area contributed by atoms with Gasteiger partial charge in [0.05, 0.1) is 12.6 Å². The van der Waals surface area contributed by atoms with Gasteiger partial charge in [-0.1, -0.05) is 6.08 Å². The summed E-state index contributed by atoms with van der Waals surface area (Å²) in [5, 5.41) is 2.41. The quantitative estimate of drug-likeness (QED) is 0.656. The van der Waals surface area contributed by atoms with Crippen LogP contribution in [-0.4, -0.2) is 24.5 Å². The highest BCUT2D eigenvalue weighted by Crippen LogP contribution is 1.92. The summed E-state index contributed by atoms with van der Waals surface area (Å²) in [4.78, 5) is 22.0. The fraction of sp³-hybridized carbons (Fsp3) is 0.556. The summed E-state index contributed by atoms with van der Waals surface area (Å²) in [6, 6.07) is -0.517. The van der Waals surface area contributed by atoms with Gasteiger partial charge in [0.2, 0.25) is 0 Å². The Morgan fingerprint density at radius 2 is 2.23 bits per heavy atom. The van der Waals surface area contributed by atoms with Crippen molar-refractivity contribution in [3.05, 3.63) is 12.7 Å². The molecular formula is C9H15NO3. The summed E-state index contributed by atoms with van der Waals surface area (Å²) in [7, 11) is 0. The molecule has 4 heteroatoms. The molecule has 0 saturated heterocycles. The van der Waals surface area contributed by atoms with Gasteiger partial charge in [-0.05, 0) is 13.8 Å². The van der Waals surface area contributed by atoms with Gasteiger partial charge in [0.25, 0.3) is 0 Å². The van der Waals surface area contributed by atoms with E-state index in [-0.39, 0.29) is 12.2 Å². The molecule has 0 aliphatic carbocycles. The average molecular weight is 185 g/mol. The highest BCUT2D eigenvalue weighted by Gasteiger charge is 2.13. The molecule has 0 radical (unpaired) electrons. The summed E-state index contributed by atoms with van der Waals surface area (Å²) < 4.78 is 4.61. The van der Waals surface area contributed by atoms with E-state index in [1.165, 1.54) is 6.08 Å². The largest absolute Gasteiger partial charge is 0.450 e. The van der Waals surface area contributed by atoms with Crippen LogP contribution in [0.4, 0.5) is 4.79 Å². The minimum absolute atomic E-state index is 0.0805. The van der Waals surface area contributed by atoms with Crippen molar-refractivity contribution >= 4 is 11.9 Å². The number of carbonyl (C=O) groups excluding carboxylic acids is 2. The van der Waals surface area contributed by atoms with Gasteiger partial charge in [0, 0.05) is 6.42 Å². The van der Waals surface area contributed by atoms with Crippen LogP contribution in [0.5, 0.6) is 0 Å². The Balaban J connectivity index is 3.84. The summed E-state index contributed by atoms with van der Waals surface area (Å²) in [5.41, 5.74) is 0. The normalized spacial score (nSPS) is 11.5. The molecule has 0 bridgehead atoms. The van der Waals surface area contributed by atoms with E-state index in [2.05, 4.69) is 16.6 Å². The molecule has 0 aromatic carbocycles. The number of allylic oxidation sites excluding steroid dienone is 1. The van der Waals surface area contributed by atoms with E-state index < -0.39 is 12.1 Å². The van der Waals surface area contributed by atoms with E-state index in [1.807, 2.05) is 0 Å². The van der Waals surface area contributed by atoms with Gasteiger partial charge in [-0.3, -0.25) is 4.79 Å². The van der Waals surface area contributed by atoms with Crippen LogP contribution in [0.3, 0.4) is 0 Å². The standard InChI is InChI=1S/C9H15NO3/c1-4-6-8(11)7(3)10-9(12)13-5-2/h4,7H,1,5-6H2,2-3H3,(H,10,12). The lowest BCUT2D eigenvalue weighted by molar-refractivity contribution is -0.119. The molecule has 1 unspecified atom stereocenters. The van der Waals surface area contributed by atoms with Gasteiger partial charge < -0.3 is 10.1 Å². The number of alkyl carbamates (subject to hydrolysis) is 1. The molecule has 0 spiro atoms. The van der Waals surface area contributed by atoms with E-state index in [0.29, 0.717) is 6.61 Å². The van der Waals surface area contributed by atoms with Crippen molar-refractivity contribution < 1.29 is 14.3 Å². The smallest absolute Gasteiger partial charge is 0.407 e. The number of ether oxygens (including phenoxy) is 1. The number of Topliss-reactive ketones (excluding diaryl/α,β-unsaturated/α-hetero) is 1. The van der Waals surface area contributed by atoms with E-state index in [4.69, 9.17) is 0 Å². The Labute approximate surface area is 78.0 Å². The van der Waals surface area contributed by atoms with Gasteiger partial charge in [-0.15, -0.1) is 6.58 Å². The van der Waals surface area contributed by atoms with Crippen LogP contribution in [-0.2, 0) is 9.53 Å². The fourth-order valence-corrected chi connectivity index (χ4v) is 0.749. The summed E-state index contributed by atoms with van der Waals surface area (Å²) in [6.45, 7) is 7.05. The van der Waals surface area contributed by atoms with Crippen LogP contribution in [0.25, 0.3) is 0 Å². The Hall–Kier alpha value is -1.32. The molecular weight excluding hydrogens is 170 g/mol. The van der Waals surface area contributed by atoms with Crippen molar-refractivity contribution in [1.29, 1.82) is 0 Å². The van der Waals surface area contributed by atoms with Crippen molar-refractivity contribution in [2.24, 2.45) is 0 Å². The van der Waals surface area contributed by atoms with Crippen molar-refractivity contribution in [2.75, 3.05) is 6.61 Å². The van der Waals surface area contributed by atoms with Gasteiger partial charge in [0.1, 0.15) is 0 Å². The molecule has 13 heavy (non-hydrogen) atoms. The molecule has 0 rings (SSSR count). The van der Waals surface area contributed by atoms with Crippen molar-refractivity contribution in [3.63, 3.8) is 0 Å². The van der Waals surface area contributed by atoms with Gasteiger partial charge in [0.15, 0.2) is 5.78 Å². The second-order valence-corrected chi connectivity index (χ2v) is 2.55. The minimum Gasteiger partial charge on any atom is -0.450 e. The third-order valence-corrected chi connectivity index (χ3v) is 1.44. The third-order valence-electron chi connectivity index (χ3n) is 1.44. The second kappa shape index (κ2) is 6.22. The second-order valence-electron chi connectivity index (χ2n) is 2.55.